The molecule has 0 bridgehead atoms. The van der Waals surface area contributed by atoms with Gasteiger partial charge in [0.2, 0.25) is 5.91 Å². The second kappa shape index (κ2) is 10.9. The summed E-state index contributed by atoms with van der Waals surface area (Å²) in [5.74, 6) is 1.28. The normalized spacial score (nSPS) is 20.1. The summed E-state index contributed by atoms with van der Waals surface area (Å²) in [6, 6.07) is 17.2. The highest BCUT2D eigenvalue weighted by molar-refractivity contribution is 6.07. The number of piperidine rings is 1. The SMILES string of the molecule is COc1ccc(CN2C(=O)NC3(CCN(CCC(NC(=O)CC4CC4)c4ccccc4)CC3)C2=O)cc1. The van der Waals surface area contributed by atoms with Crippen LogP contribution in [0.4, 0.5) is 4.79 Å². The van der Waals surface area contributed by atoms with Crippen LogP contribution in [0.2, 0.25) is 0 Å². The molecule has 0 aromatic heterocycles. The summed E-state index contributed by atoms with van der Waals surface area (Å²) in [4.78, 5) is 42.3. The lowest BCUT2D eigenvalue weighted by Crippen LogP contribution is -2.55. The van der Waals surface area contributed by atoms with Crippen LogP contribution in [0.1, 0.15) is 55.7 Å². The predicted molar refractivity (Wildman–Crippen MR) is 140 cm³/mol. The van der Waals surface area contributed by atoms with E-state index in [-0.39, 0.29) is 30.4 Å². The fourth-order valence-corrected chi connectivity index (χ4v) is 5.39. The maximum Gasteiger partial charge on any atom is 0.325 e. The molecule has 196 valence electrons. The molecule has 2 aliphatic heterocycles. The Bertz CT molecular complexity index is 1110. The average molecular weight is 505 g/mol. The first kappa shape index (κ1) is 25.3. The van der Waals surface area contributed by atoms with Crippen LogP contribution in [-0.4, -0.2) is 59.9 Å². The van der Waals surface area contributed by atoms with Crippen molar-refractivity contribution in [2.24, 2.45) is 5.92 Å². The minimum atomic E-state index is -0.822. The zero-order valence-electron chi connectivity index (χ0n) is 21.4. The Kier molecular flexibility index (Phi) is 7.46. The van der Waals surface area contributed by atoms with Crippen LogP contribution >= 0.6 is 0 Å². The standard InChI is InChI=1S/C29H36N4O4/c1-37-24-11-9-22(10-12-24)20-33-27(35)29(31-28(33)36)14-17-32(18-15-29)16-13-25(23-5-3-2-4-6-23)30-26(34)19-21-7-8-21/h2-6,9-12,21,25H,7-8,13-20H2,1H3,(H,30,34)(H,31,36). The topological polar surface area (TPSA) is 91.0 Å². The molecule has 1 atom stereocenters. The molecule has 1 unspecified atom stereocenters. The Morgan fingerprint density at radius 3 is 2.43 bits per heavy atom. The number of nitrogens with zero attached hydrogens (tertiary/aromatic N) is 2. The van der Waals surface area contributed by atoms with E-state index in [1.54, 1.807) is 7.11 Å². The van der Waals surface area contributed by atoms with Crippen molar-refractivity contribution in [3.05, 3.63) is 65.7 Å². The van der Waals surface area contributed by atoms with Crippen molar-refractivity contribution >= 4 is 17.8 Å². The number of carbonyl (C=O) groups excluding carboxylic acids is 3. The number of hydrogen-bond donors (Lipinski definition) is 2. The molecule has 8 nitrogen and oxygen atoms in total. The van der Waals surface area contributed by atoms with Gasteiger partial charge in [0.25, 0.3) is 5.91 Å². The van der Waals surface area contributed by atoms with Gasteiger partial charge in [0.15, 0.2) is 0 Å². The Morgan fingerprint density at radius 2 is 1.78 bits per heavy atom. The Hall–Kier alpha value is -3.39. The zero-order valence-corrected chi connectivity index (χ0v) is 21.4. The molecule has 0 radical (unpaired) electrons. The smallest absolute Gasteiger partial charge is 0.325 e. The van der Waals surface area contributed by atoms with E-state index in [1.165, 1.54) is 4.90 Å². The quantitative estimate of drug-likeness (QED) is 0.482. The first-order chi connectivity index (χ1) is 18.0. The van der Waals surface area contributed by atoms with Gasteiger partial charge in [0.05, 0.1) is 19.7 Å². The third kappa shape index (κ3) is 5.96. The third-order valence-electron chi connectivity index (χ3n) is 7.90. The zero-order chi connectivity index (χ0) is 25.8. The predicted octanol–water partition coefficient (Wildman–Crippen LogP) is 3.63. The van der Waals surface area contributed by atoms with Crippen molar-refractivity contribution < 1.29 is 19.1 Å². The number of ether oxygens (including phenoxy) is 1. The van der Waals surface area contributed by atoms with Crippen molar-refractivity contribution in [2.75, 3.05) is 26.7 Å². The molecule has 2 aromatic carbocycles. The van der Waals surface area contributed by atoms with E-state index >= 15 is 0 Å². The maximum atomic E-state index is 13.3. The molecule has 2 N–H and O–H groups in total. The third-order valence-corrected chi connectivity index (χ3v) is 7.90. The number of likely N-dealkylation sites (tertiary alicyclic amines) is 1. The van der Waals surface area contributed by atoms with Crippen LogP contribution in [0.25, 0.3) is 0 Å². The van der Waals surface area contributed by atoms with Gasteiger partial charge in [-0.2, -0.15) is 0 Å². The number of amides is 4. The molecule has 2 aromatic rings. The monoisotopic (exact) mass is 504 g/mol. The highest BCUT2D eigenvalue weighted by atomic mass is 16.5. The maximum absolute atomic E-state index is 13.3. The fourth-order valence-electron chi connectivity index (χ4n) is 5.39. The van der Waals surface area contributed by atoms with Gasteiger partial charge in [-0.05, 0) is 61.3 Å². The molecule has 1 aliphatic carbocycles. The highest BCUT2D eigenvalue weighted by Crippen LogP contribution is 2.33. The number of carbonyl (C=O) groups is 3. The molecule has 1 spiro atoms. The molecule has 3 fully saturated rings. The van der Waals surface area contributed by atoms with E-state index in [2.05, 4.69) is 27.7 Å². The van der Waals surface area contributed by atoms with Crippen molar-refractivity contribution in [3.8, 4) is 5.75 Å². The minimum Gasteiger partial charge on any atom is -0.497 e. The lowest BCUT2D eigenvalue weighted by Gasteiger charge is -2.37. The lowest BCUT2D eigenvalue weighted by molar-refractivity contribution is -0.133. The number of benzene rings is 2. The molecule has 8 heteroatoms. The van der Waals surface area contributed by atoms with Gasteiger partial charge in [-0.3, -0.25) is 14.5 Å². The van der Waals surface area contributed by atoms with E-state index in [0.717, 1.165) is 55.8 Å². The summed E-state index contributed by atoms with van der Waals surface area (Å²) >= 11 is 0. The van der Waals surface area contributed by atoms with Crippen molar-refractivity contribution in [1.82, 2.24) is 20.4 Å². The van der Waals surface area contributed by atoms with Crippen molar-refractivity contribution in [2.45, 2.75) is 56.7 Å². The molecule has 4 amide bonds. The average Bonchev–Trinajstić information content (AvgIpc) is 3.71. The van der Waals surface area contributed by atoms with Gasteiger partial charge in [-0.1, -0.05) is 42.5 Å². The van der Waals surface area contributed by atoms with Gasteiger partial charge < -0.3 is 20.3 Å². The van der Waals surface area contributed by atoms with E-state index in [0.29, 0.717) is 25.2 Å². The van der Waals surface area contributed by atoms with Gasteiger partial charge in [0, 0.05) is 26.1 Å². The van der Waals surface area contributed by atoms with Crippen LogP contribution in [0, 0.1) is 5.92 Å². The van der Waals surface area contributed by atoms with Crippen LogP contribution in [-0.2, 0) is 16.1 Å². The Balaban J connectivity index is 1.15. The van der Waals surface area contributed by atoms with Crippen LogP contribution in [0.3, 0.4) is 0 Å². The van der Waals surface area contributed by atoms with E-state index in [1.807, 2.05) is 42.5 Å². The van der Waals surface area contributed by atoms with Gasteiger partial charge >= 0.3 is 6.03 Å². The molecule has 5 rings (SSSR count). The Morgan fingerprint density at radius 1 is 1.08 bits per heavy atom. The number of methoxy groups -OCH3 is 1. The van der Waals surface area contributed by atoms with Crippen LogP contribution in [0.15, 0.2) is 54.6 Å². The number of nitrogens with one attached hydrogen (secondary N) is 2. The largest absolute Gasteiger partial charge is 0.497 e. The van der Waals surface area contributed by atoms with Gasteiger partial charge in [-0.15, -0.1) is 0 Å². The van der Waals surface area contributed by atoms with E-state index in [9.17, 15) is 14.4 Å². The molecule has 3 aliphatic rings. The van der Waals surface area contributed by atoms with E-state index in [4.69, 9.17) is 4.74 Å². The van der Waals surface area contributed by atoms with Gasteiger partial charge in [0.1, 0.15) is 11.3 Å². The summed E-state index contributed by atoms with van der Waals surface area (Å²) < 4.78 is 5.19. The first-order valence-electron chi connectivity index (χ1n) is 13.3. The number of imide groups is 1. The molecule has 2 saturated heterocycles. The first-order valence-corrected chi connectivity index (χ1v) is 13.3. The molecular formula is C29H36N4O4. The lowest BCUT2D eigenvalue weighted by atomic mass is 9.87. The second-order valence-corrected chi connectivity index (χ2v) is 10.6. The summed E-state index contributed by atoms with van der Waals surface area (Å²) in [7, 11) is 1.61. The van der Waals surface area contributed by atoms with Crippen LogP contribution in [0.5, 0.6) is 5.75 Å². The van der Waals surface area contributed by atoms with Crippen LogP contribution < -0.4 is 15.4 Å². The fraction of sp³-hybridized carbons (Fsp3) is 0.483. The molecular weight excluding hydrogens is 468 g/mol. The summed E-state index contributed by atoms with van der Waals surface area (Å²) in [5, 5.41) is 6.25. The summed E-state index contributed by atoms with van der Waals surface area (Å²) in [6.45, 7) is 2.51. The molecule has 1 saturated carbocycles. The summed E-state index contributed by atoms with van der Waals surface area (Å²) in [5.41, 5.74) is 1.18. The molecule has 37 heavy (non-hydrogen) atoms. The van der Waals surface area contributed by atoms with E-state index < -0.39 is 5.54 Å². The molecule has 2 heterocycles. The summed E-state index contributed by atoms with van der Waals surface area (Å²) in [6.07, 6.45) is 4.90. The van der Waals surface area contributed by atoms with Gasteiger partial charge in [-0.25, -0.2) is 4.79 Å². The number of urea groups is 1. The van der Waals surface area contributed by atoms with Crippen molar-refractivity contribution in [3.63, 3.8) is 0 Å². The highest BCUT2D eigenvalue weighted by Gasteiger charge is 2.52. The second-order valence-electron chi connectivity index (χ2n) is 10.6. The van der Waals surface area contributed by atoms with Crippen molar-refractivity contribution in [1.29, 1.82) is 0 Å². The number of hydrogen-bond acceptors (Lipinski definition) is 5. The Labute approximate surface area is 218 Å². The number of rotatable bonds is 10. The minimum absolute atomic E-state index is 0.0314.